The number of nitrogens with one attached hydrogen (secondary N) is 1. The summed E-state index contributed by atoms with van der Waals surface area (Å²) in [5.74, 6) is -0.743. The molecule has 1 atom stereocenters. The lowest BCUT2D eigenvalue weighted by atomic mass is 10.0. The van der Waals surface area contributed by atoms with E-state index in [0.29, 0.717) is 12.0 Å². The van der Waals surface area contributed by atoms with Crippen molar-refractivity contribution in [1.82, 2.24) is 5.32 Å². The minimum Gasteiger partial charge on any atom is -0.467 e. The second-order valence-electron chi connectivity index (χ2n) is 5.10. The molecule has 0 heterocycles. The van der Waals surface area contributed by atoms with Crippen LogP contribution in [0.3, 0.4) is 0 Å². The first-order valence-corrected chi connectivity index (χ1v) is 7.09. The number of carbonyl (C=O) groups excluding carboxylic acids is 2. The van der Waals surface area contributed by atoms with Gasteiger partial charge in [-0.1, -0.05) is 48.0 Å². The molecule has 0 aromatic heterocycles. The van der Waals surface area contributed by atoms with E-state index in [1.807, 2.05) is 37.3 Å². The van der Waals surface area contributed by atoms with Crippen LogP contribution >= 0.6 is 0 Å². The van der Waals surface area contributed by atoms with E-state index in [-0.39, 0.29) is 5.91 Å². The fourth-order valence-electron chi connectivity index (χ4n) is 2.13. The van der Waals surface area contributed by atoms with E-state index in [2.05, 4.69) is 5.32 Å². The summed E-state index contributed by atoms with van der Waals surface area (Å²) in [6, 6.07) is 15.9. The summed E-state index contributed by atoms with van der Waals surface area (Å²) in [5, 5.41) is 2.73. The Bertz CT molecular complexity index is 635. The van der Waals surface area contributed by atoms with Crippen LogP contribution in [0.25, 0.3) is 0 Å². The van der Waals surface area contributed by atoms with Crippen LogP contribution in [0.4, 0.5) is 0 Å². The van der Waals surface area contributed by atoms with Crippen LogP contribution in [0, 0.1) is 6.92 Å². The number of amides is 1. The fourth-order valence-corrected chi connectivity index (χ4v) is 2.13. The van der Waals surface area contributed by atoms with Crippen LogP contribution < -0.4 is 5.32 Å². The molecule has 0 aliphatic rings. The molecule has 2 aromatic carbocycles. The number of hydrogen-bond acceptors (Lipinski definition) is 3. The lowest BCUT2D eigenvalue weighted by Gasteiger charge is -2.16. The number of methoxy groups -OCH3 is 1. The molecule has 22 heavy (non-hydrogen) atoms. The molecular formula is C18H19NO3. The van der Waals surface area contributed by atoms with Crippen molar-refractivity contribution in [2.45, 2.75) is 19.4 Å². The van der Waals surface area contributed by atoms with E-state index in [1.165, 1.54) is 7.11 Å². The van der Waals surface area contributed by atoms with Gasteiger partial charge in [-0.2, -0.15) is 0 Å². The van der Waals surface area contributed by atoms with Gasteiger partial charge in [0.15, 0.2) is 0 Å². The van der Waals surface area contributed by atoms with E-state index in [9.17, 15) is 9.59 Å². The van der Waals surface area contributed by atoms with Crippen LogP contribution in [0.15, 0.2) is 54.6 Å². The van der Waals surface area contributed by atoms with Gasteiger partial charge in [0.2, 0.25) is 0 Å². The second kappa shape index (κ2) is 7.41. The minimum atomic E-state index is -0.708. The largest absolute Gasteiger partial charge is 0.467 e. The zero-order valence-corrected chi connectivity index (χ0v) is 12.7. The summed E-state index contributed by atoms with van der Waals surface area (Å²) in [4.78, 5) is 24.1. The average Bonchev–Trinajstić information content (AvgIpc) is 2.56. The molecular weight excluding hydrogens is 278 g/mol. The van der Waals surface area contributed by atoms with Crippen molar-refractivity contribution < 1.29 is 14.3 Å². The summed E-state index contributed by atoms with van der Waals surface area (Å²) in [6.45, 7) is 2.00. The quantitative estimate of drug-likeness (QED) is 0.863. The number of carbonyl (C=O) groups is 2. The first kappa shape index (κ1) is 15.8. The van der Waals surface area contributed by atoms with Crippen LogP contribution in [0.5, 0.6) is 0 Å². The number of aryl methyl sites for hydroxylation is 1. The highest BCUT2D eigenvalue weighted by molar-refractivity contribution is 5.96. The number of hydrogen-bond donors (Lipinski definition) is 1. The number of ether oxygens (including phenoxy) is 1. The second-order valence-corrected chi connectivity index (χ2v) is 5.10. The standard InChI is InChI=1S/C18H19NO3/c1-13-8-10-14(11-9-13)12-16(18(21)22-2)19-17(20)15-6-4-3-5-7-15/h3-11,16H,12H2,1-2H3,(H,19,20). The molecule has 0 saturated heterocycles. The van der Waals surface area contributed by atoms with E-state index in [1.54, 1.807) is 24.3 Å². The molecule has 0 spiro atoms. The van der Waals surface area contributed by atoms with Crippen LogP contribution in [0.1, 0.15) is 21.5 Å². The van der Waals surface area contributed by atoms with Gasteiger partial charge in [0.25, 0.3) is 5.91 Å². The predicted octanol–water partition coefficient (Wildman–Crippen LogP) is 2.51. The van der Waals surface area contributed by atoms with Gasteiger partial charge in [0.1, 0.15) is 6.04 Å². The maximum absolute atomic E-state index is 12.2. The Hall–Kier alpha value is -2.62. The van der Waals surface area contributed by atoms with E-state index in [0.717, 1.165) is 11.1 Å². The van der Waals surface area contributed by atoms with Crippen molar-refractivity contribution in [3.63, 3.8) is 0 Å². The Balaban J connectivity index is 2.11. The van der Waals surface area contributed by atoms with Crippen molar-refractivity contribution in [1.29, 1.82) is 0 Å². The molecule has 0 aliphatic heterocycles. The van der Waals surface area contributed by atoms with E-state index >= 15 is 0 Å². The average molecular weight is 297 g/mol. The molecule has 114 valence electrons. The molecule has 0 fully saturated rings. The highest BCUT2D eigenvalue weighted by Gasteiger charge is 2.22. The lowest BCUT2D eigenvalue weighted by Crippen LogP contribution is -2.43. The Morgan fingerprint density at radius 2 is 1.68 bits per heavy atom. The Labute approximate surface area is 130 Å². The molecule has 0 aliphatic carbocycles. The molecule has 1 N–H and O–H groups in total. The molecule has 2 rings (SSSR count). The zero-order chi connectivity index (χ0) is 15.9. The first-order valence-electron chi connectivity index (χ1n) is 7.09. The van der Waals surface area contributed by atoms with Crippen molar-refractivity contribution >= 4 is 11.9 Å². The fraction of sp³-hybridized carbons (Fsp3) is 0.222. The van der Waals surface area contributed by atoms with Gasteiger partial charge in [-0.15, -0.1) is 0 Å². The lowest BCUT2D eigenvalue weighted by molar-refractivity contribution is -0.142. The summed E-state index contributed by atoms with van der Waals surface area (Å²) < 4.78 is 4.79. The summed E-state index contributed by atoms with van der Waals surface area (Å²) >= 11 is 0. The van der Waals surface area contributed by atoms with Gasteiger partial charge >= 0.3 is 5.97 Å². The highest BCUT2D eigenvalue weighted by Crippen LogP contribution is 2.08. The van der Waals surface area contributed by atoms with Gasteiger partial charge in [-0.25, -0.2) is 4.79 Å². The molecule has 1 amide bonds. The van der Waals surface area contributed by atoms with Gasteiger partial charge in [-0.3, -0.25) is 4.79 Å². The Morgan fingerprint density at radius 3 is 2.27 bits per heavy atom. The summed E-state index contributed by atoms with van der Waals surface area (Å²) in [5.41, 5.74) is 2.63. The van der Waals surface area contributed by atoms with Crippen LogP contribution in [-0.4, -0.2) is 25.0 Å². The van der Waals surface area contributed by atoms with Crippen molar-refractivity contribution in [2.75, 3.05) is 7.11 Å². The van der Waals surface area contributed by atoms with Gasteiger partial charge < -0.3 is 10.1 Å². The SMILES string of the molecule is COC(=O)C(Cc1ccc(C)cc1)NC(=O)c1ccccc1. The van der Waals surface area contributed by atoms with Crippen LogP contribution in [-0.2, 0) is 16.0 Å². The van der Waals surface area contributed by atoms with Crippen molar-refractivity contribution in [3.8, 4) is 0 Å². The Morgan fingerprint density at radius 1 is 1.05 bits per heavy atom. The van der Waals surface area contributed by atoms with Gasteiger partial charge in [0, 0.05) is 12.0 Å². The van der Waals surface area contributed by atoms with Crippen molar-refractivity contribution in [2.24, 2.45) is 0 Å². The van der Waals surface area contributed by atoms with E-state index in [4.69, 9.17) is 4.74 Å². The maximum atomic E-state index is 12.2. The molecule has 2 aromatic rings. The number of benzene rings is 2. The molecule has 0 saturated carbocycles. The van der Waals surface area contributed by atoms with E-state index < -0.39 is 12.0 Å². The zero-order valence-electron chi connectivity index (χ0n) is 12.7. The normalized spacial score (nSPS) is 11.5. The van der Waals surface area contributed by atoms with Gasteiger partial charge in [0.05, 0.1) is 7.11 Å². The molecule has 4 heteroatoms. The van der Waals surface area contributed by atoms with Crippen LogP contribution in [0.2, 0.25) is 0 Å². The highest BCUT2D eigenvalue weighted by atomic mass is 16.5. The predicted molar refractivity (Wildman–Crippen MR) is 84.6 cm³/mol. The topological polar surface area (TPSA) is 55.4 Å². The number of rotatable bonds is 5. The summed E-state index contributed by atoms with van der Waals surface area (Å²) in [7, 11) is 1.32. The first-order chi connectivity index (χ1) is 10.6. The maximum Gasteiger partial charge on any atom is 0.328 e. The monoisotopic (exact) mass is 297 g/mol. The Kier molecular flexibility index (Phi) is 5.31. The summed E-state index contributed by atoms with van der Waals surface area (Å²) in [6.07, 6.45) is 0.394. The van der Waals surface area contributed by atoms with Gasteiger partial charge in [-0.05, 0) is 24.6 Å². The smallest absolute Gasteiger partial charge is 0.328 e. The molecule has 0 radical (unpaired) electrons. The number of esters is 1. The third-order valence-electron chi connectivity index (χ3n) is 3.39. The third-order valence-corrected chi connectivity index (χ3v) is 3.39. The molecule has 0 bridgehead atoms. The minimum absolute atomic E-state index is 0.289. The third kappa shape index (κ3) is 4.19. The molecule has 1 unspecified atom stereocenters. The van der Waals surface area contributed by atoms with Crippen molar-refractivity contribution in [3.05, 3.63) is 71.3 Å². The molecule has 4 nitrogen and oxygen atoms in total.